The molecule has 16 heavy (non-hydrogen) atoms. The Morgan fingerprint density at radius 2 is 1.50 bits per heavy atom. The molecule has 0 fully saturated rings. The molecule has 0 heterocycles. The molecule has 0 aliphatic heterocycles. The minimum Gasteiger partial charge on any atom is -0.289 e. The van der Waals surface area contributed by atoms with Gasteiger partial charge in [0.15, 0.2) is 5.78 Å². The zero-order chi connectivity index (χ0) is 11.5. The Morgan fingerprint density at radius 1 is 0.812 bits per heavy atom. The predicted octanol–water partition coefficient (Wildman–Crippen LogP) is 3.50. The molecule has 0 aromatic heterocycles. The lowest BCUT2D eigenvalue weighted by molar-refractivity contribution is 0.103. The van der Waals surface area contributed by atoms with Crippen molar-refractivity contribution in [3.05, 3.63) is 59.7 Å². The minimum atomic E-state index is 0.00392. The van der Waals surface area contributed by atoms with E-state index in [4.69, 9.17) is 0 Å². The van der Waals surface area contributed by atoms with E-state index in [-0.39, 0.29) is 5.78 Å². The van der Waals surface area contributed by atoms with Gasteiger partial charge in [-0.15, -0.1) is 25.3 Å². The molecule has 0 radical (unpaired) electrons. The summed E-state index contributed by atoms with van der Waals surface area (Å²) in [7, 11) is 0. The third-order valence-electron chi connectivity index (χ3n) is 2.27. The highest BCUT2D eigenvalue weighted by Crippen LogP contribution is 2.20. The van der Waals surface area contributed by atoms with Gasteiger partial charge < -0.3 is 0 Å². The molecule has 0 aliphatic carbocycles. The van der Waals surface area contributed by atoms with Gasteiger partial charge in [-0.1, -0.05) is 30.3 Å². The molecule has 0 N–H and O–H groups in total. The van der Waals surface area contributed by atoms with Gasteiger partial charge in [0.1, 0.15) is 0 Å². The van der Waals surface area contributed by atoms with E-state index in [9.17, 15) is 4.79 Å². The van der Waals surface area contributed by atoms with Crippen molar-refractivity contribution < 1.29 is 4.79 Å². The molecule has 3 heteroatoms. The zero-order valence-electron chi connectivity index (χ0n) is 8.42. The summed E-state index contributed by atoms with van der Waals surface area (Å²) >= 11 is 8.46. The van der Waals surface area contributed by atoms with Crippen LogP contribution < -0.4 is 0 Å². The second-order valence-corrected chi connectivity index (χ2v) is 4.36. The molecule has 0 saturated carbocycles. The molecule has 2 aromatic rings. The maximum absolute atomic E-state index is 12.1. The van der Waals surface area contributed by atoms with E-state index in [1.807, 2.05) is 18.2 Å². The topological polar surface area (TPSA) is 17.1 Å². The SMILES string of the molecule is O=C(c1ccccc1)c1ccc(S)c(S)c1. The molecule has 0 saturated heterocycles. The molecular formula is C13H10OS2. The van der Waals surface area contributed by atoms with Crippen LogP contribution in [-0.4, -0.2) is 5.78 Å². The fourth-order valence-corrected chi connectivity index (χ4v) is 1.77. The molecule has 0 spiro atoms. The van der Waals surface area contributed by atoms with Gasteiger partial charge in [0.25, 0.3) is 0 Å². The van der Waals surface area contributed by atoms with E-state index >= 15 is 0 Å². The second kappa shape index (κ2) is 4.76. The van der Waals surface area contributed by atoms with Crippen molar-refractivity contribution in [1.29, 1.82) is 0 Å². The number of carbonyl (C=O) groups excluding carboxylic acids is 1. The molecule has 1 nitrogen and oxygen atoms in total. The molecule has 80 valence electrons. The standard InChI is InChI=1S/C13H10OS2/c14-13(9-4-2-1-3-5-9)10-6-7-11(15)12(16)8-10/h1-8,15-16H. The third-order valence-corrected chi connectivity index (χ3v) is 3.21. The third kappa shape index (κ3) is 2.31. The van der Waals surface area contributed by atoms with Crippen LogP contribution in [0.15, 0.2) is 58.3 Å². The quantitative estimate of drug-likeness (QED) is 0.612. The van der Waals surface area contributed by atoms with Crippen LogP contribution in [0.4, 0.5) is 0 Å². The lowest BCUT2D eigenvalue weighted by Gasteiger charge is -2.03. The van der Waals surface area contributed by atoms with Crippen LogP contribution in [0.3, 0.4) is 0 Å². The number of benzene rings is 2. The van der Waals surface area contributed by atoms with E-state index in [0.717, 1.165) is 4.90 Å². The Hall–Kier alpha value is -1.19. The highest BCUT2D eigenvalue weighted by Gasteiger charge is 2.09. The van der Waals surface area contributed by atoms with E-state index in [1.165, 1.54) is 0 Å². The van der Waals surface area contributed by atoms with Crippen LogP contribution in [0.2, 0.25) is 0 Å². The fourth-order valence-electron chi connectivity index (χ4n) is 1.42. The second-order valence-electron chi connectivity index (χ2n) is 3.40. The molecule has 2 rings (SSSR count). The Balaban J connectivity index is 2.39. The van der Waals surface area contributed by atoms with Crippen LogP contribution in [0.5, 0.6) is 0 Å². The number of hydrogen-bond acceptors (Lipinski definition) is 3. The van der Waals surface area contributed by atoms with Crippen molar-refractivity contribution in [2.45, 2.75) is 9.79 Å². The summed E-state index contributed by atoms with van der Waals surface area (Å²) in [5.74, 6) is 0.00392. The average Bonchev–Trinajstić information content (AvgIpc) is 2.33. The van der Waals surface area contributed by atoms with Crippen LogP contribution in [0.25, 0.3) is 0 Å². The predicted molar refractivity (Wildman–Crippen MR) is 70.8 cm³/mol. The summed E-state index contributed by atoms with van der Waals surface area (Å²) in [6.45, 7) is 0. The van der Waals surface area contributed by atoms with Gasteiger partial charge in [-0.05, 0) is 18.2 Å². The Labute approximate surface area is 105 Å². The van der Waals surface area contributed by atoms with Gasteiger partial charge >= 0.3 is 0 Å². The number of rotatable bonds is 2. The van der Waals surface area contributed by atoms with E-state index in [0.29, 0.717) is 16.0 Å². The Bertz CT molecular complexity index is 521. The zero-order valence-corrected chi connectivity index (χ0v) is 10.2. The molecule has 2 aromatic carbocycles. The minimum absolute atomic E-state index is 0.00392. The number of thiol groups is 2. The highest BCUT2D eigenvalue weighted by molar-refractivity contribution is 7.83. The maximum atomic E-state index is 12.1. The van der Waals surface area contributed by atoms with Crippen LogP contribution in [0, 0.1) is 0 Å². The van der Waals surface area contributed by atoms with E-state index in [2.05, 4.69) is 25.3 Å². The molecule has 0 aliphatic rings. The molecule has 0 unspecified atom stereocenters. The summed E-state index contributed by atoms with van der Waals surface area (Å²) in [5.41, 5.74) is 1.32. The first-order valence-corrected chi connectivity index (χ1v) is 5.69. The summed E-state index contributed by atoms with van der Waals surface area (Å²) in [4.78, 5) is 13.5. The first-order valence-electron chi connectivity index (χ1n) is 4.80. The van der Waals surface area contributed by atoms with Gasteiger partial charge in [-0.3, -0.25) is 4.79 Å². The summed E-state index contributed by atoms with van der Waals surface area (Å²) < 4.78 is 0. The maximum Gasteiger partial charge on any atom is 0.193 e. The van der Waals surface area contributed by atoms with Crippen LogP contribution in [0.1, 0.15) is 15.9 Å². The lowest BCUT2D eigenvalue weighted by atomic mass is 10.0. The van der Waals surface area contributed by atoms with E-state index in [1.54, 1.807) is 30.3 Å². The van der Waals surface area contributed by atoms with Crippen molar-refractivity contribution >= 4 is 31.0 Å². The van der Waals surface area contributed by atoms with Gasteiger partial charge in [0.05, 0.1) is 0 Å². The van der Waals surface area contributed by atoms with Crippen LogP contribution >= 0.6 is 25.3 Å². The first kappa shape index (κ1) is 11.3. The van der Waals surface area contributed by atoms with Crippen molar-refractivity contribution in [3.63, 3.8) is 0 Å². The fraction of sp³-hybridized carbons (Fsp3) is 0. The molecule has 0 atom stereocenters. The first-order chi connectivity index (χ1) is 7.68. The van der Waals surface area contributed by atoms with Crippen LogP contribution in [-0.2, 0) is 0 Å². The Morgan fingerprint density at radius 3 is 2.12 bits per heavy atom. The van der Waals surface area contributed by atoms with Crippen molar-refractivity contribution in [1.82, 2.24) is 0 Å². The molecular weight excluding hydrogens is 236 g/mol. The summed E-state index contributed by atoms with van der Waals surface area (Å²) in [6, 6.07) is 14.5. The summed E-state index contributed by atoms with van der Waals surface area (Å²) in [5, 5.41) is 0. The average molecular weight is 246 g/mol. The highest BCUT2D eigenvalue weighted by atomic mass is 32.1. The largest absolute Gasteiger partial charge is 0.289 e. The van der Waals surface area contributed by atoms with Crippen molar-refractivity contribution in [2.75, 3.05) is 0 Å². The Kier molecular flexibility index (Phi) is 3.36. The number of ketones is 1. The van der Waals surface area contributed by atoms with Crippen molar-refractivity contribution in [2.24, 2.45) is 0 Å². The lowest BCUT2D eigenvalue weighted by Crippen LogP contribution is -2.00. The van der Waals surface area contributed by atoms with Gasteiger partial charge in [0, 0.05) is 20.9 Å². The molecule has 0 bridgehead atoms. The van der Waals surface area contributed by atoms with Gasteiger partial charge in [-0.25, -0.2) is 0 Å². The van der Waals surface area contributed by atoms with Crippen molar-refractivity contribution in [3.8, 4) is 0 Å². The summed E-state index contributed by atoms with van der Waals surface area (Å²) in [6.07, 6.45) is 0. The monoisotopic (exact) mass is 246 g/mol. The normalized spacial score (nSPS) is 10.1. The van der Waals surface area contributed by atoms with Gasteiger partial charge in [0.2, 0.25) is 0 Å². The molecule has 0 amide bonds. The smallest absolute Gasteiger partial charge is 0.193 e. The number of carbonyl (C=O) groups is 1. The van der Waals surface area contributed by atoms with Gasteiger partial charge in [-0.2, -0.15) is 0 Å². The number of hydrogen-bond donors (Lipinski definition) is 2. The van der Waals surface area contributed by atoms with E-state index < -0.39 is 0 Å².